The Labute approximate surface area is 193 Å². The van der Waals surface area contributed by atoms with Crippen molar-refractivity contribution in [2.24, 2.45) is 0 Å². The highest BCUT2D eigenvalue weighted by atomic mass is 16.5. The molecule has 0 saturated carbocycles. The van der Waals surface area contributed by atoms with Gasteiger partial charge in [-0.3, -0.25) is 4.79 Å². The first kappa shape index (κ1) is 21.9. The average molecular weight is 450 g/mol. The van der Waals surface area contributed by atoms with E-state index in [9.17, 15) is 9.90 Å². The van der Waals surface area contributed by atoms with Gasteiger partial charge in [0.05, 0.1) is 24.0 Å². The minimum absolute atomic E-state index is 0.0971. The normalized spacial score (nSPS) is 22.6. The van der Waals surface area contributed by atoms with Crippen LogP contribution in [-0.4, -0.2) is 64.1 Å². The van der Waals surface area contributed by atoms with Gasteiger partial charge in [0.25, 0.3) is 5.91 Å². The molecule has 1 atom stereocenters. The predicted molar refractivity (Wildman–Crippen MR) is 126 cm³/mol. The van der Waals surface area contributed by atoms with E-state index in [1.165, 1.54) is 5.56 Å². The number of aliphatic hydroxyl groups is 1. The van der Waals surface area contributed by atoms with Crippen LogP contribution in [0.25, 0.3) is 5.65 Å². The Balaban J connectivity index is 1.38. The lowest BCUT2D eigenvalue weighted by molar-refractivity contribution is 0.0123. The molecule has 4 heterocycles. The fraction of sp³-hybridized carbons (Fsp3) is 0.480. The number of aryl methyl sites for hydroxylation is 1. The number of ether oxygens (including phenoxy) is 1. The monoisotopic (exact) mass is 449 g/mol. The highest BCUT2D eigenvalue weighted by Crippen LogP contribution is 2.36. The maximum Gasteiger partial charge on any atom is 0.291 e. The number of fused-ring (bicyclic) bond motifs is 1. The zero-order valence-corrected chi connectivity index (χ0v) is 19.3. The van der Waals surface area contributed by atoms with Crippen LogP contribution in [0.2, 0.25) is 0 Å². The van der Waals surface area contributed by atoms with Crippen molar-refractivity contribution in [1.29, 1.82) is 0 Å². The van der Waals surface area contributed by atoms with Crippen molar-refractivity contribution < 1.29 is 14.6 Å². The second-order valence-corrected chi connectivity index (χ2v) is 9.69. The number of pyridine rings is 1. The van der Waals surface area contributed by atoms with Gasteiger partial charge in [0, 0.05) is 31.7 Å². The Morgan fingerprint density at radius 2 is 1.97 bits per heavy atom. The lowest BCUT2D eigenvalue weighted by atomic mass is 9.82. The molecule has 0 spiro atoms. The molecule has 2 fully saturated rings. The zero-order chi connectivity index (χ0) is 23.1. The average Bonchev–Trinajstić information content (AvgIpc) is 3.45. The topological polar surface area (TPSA) is 92.0 Å². The molecule has 2 aromatic heterocycles. The molecule has 0 aliphatic carbocycles. The number of carbonyl (C=O) groups excluding carboxylic acids is 1. The quantitative estimate of drug-likeness (QED) is 0.622. The molecule has 8 nitrogen and oxygen atoms in total. The largest absolute Gasteiger partial charge is 0.394 e. The van der Waals surface area contributed by atoms with E-state index < -0.39 is 5.54 Å². The number of carbonyl (C=O) groups is 1. The molecule has 2 aliphatic heterocycles. The maximum absolute atomic E-state index is 12.9. The third kappa shape index (κ3) is 4.09. The third-order valence-electron chi connectivity index (χ3n) is 7.25. The predicted octanol–water partition coefficient (Wildman–Crippen LogP) is 2.48. The molecule has 2 N–H and O–H groups in total. The van der Waals surface area contributed by atoms with E-state index in [0.717, 1.165) is 30.8 Å². The number of aliphatic hydroxyl groups excluding tert-OH is 1. The van der Waals surface area contributed by atoms with Crippen molar-refractivity contribution in [3.05, 3.63) is 59.5 Å². The molecule has 1 amide bonds. The summed E-state index contributed by atoms with van der Waals surface area (Å²) in [6, 6.07) is 12.8. The fourth-order valence-corrected chi connectivity index (χ4v) is 5.04. The molecule has 5 rings (SSSR count). The molecule has 3 aromatic rings. The van der Waals surface area contributed by atoms with Gasteiger partial charge in [0.15, 0.2) is 5.65 Å². The molecule has 8 heteroatoms. The minimum atomic E-state index is -0.676. The Morgan fingerprint density at radius 1 is 1.21 bits per heavy atom. The van der Waals surface area contributed by atoms with Crippen molar-refractivity contribution in [2.45, 2.75) is 44.1 Å². The molecule has 33 heavy (non-hydrogen) atoms. The number of nitrogens with one attached hydrogen (secondary N) is 1. The summed E-state index contributed by atoms with van der Waals surface area (Å²) in [5.41, 5.74) is 3.49. The lowest BCUT2D eigenvalue weighted by Crippen LogP contribution is -2.54. The summed E-state index contributed by atoms with van der Waals surface area (Å²) in [5.74, 6) is -0.251. The maximum atomic E-state index is 12.9. The first-order valence-electron chi connectivity index (χ1n) is 11.6. The van der Waals surface area contributed by atoms with Crippen LogP contribution >= 0.6 is 0 Å². The number of nitrogens with zero attached hydrogens (tertiary/aromatic N) is 4. The minimum Gasteiger partial charge on any atom is -0.394 e. The van der Waals surface area contributed by atoms with Crippen LogP contribution in [-0.2, 0) is 10.2 Å². The van der Waals surface area contributed by atoms with E-state index in [2.05, 4.69) is 63.6 Å². The molecule has 2 saturated heterocycles. The summed E-state index contributed by atoms with van der Waals surface area (Å²) in [6.07, 6.45) is 4.17. The van der Waals surface area contributed by atoms with Gasteiger partial charge in [-0.2, -0.15) is 0 Å². The number of hydrogen-bond acceptors (Lipinski definition) is 6. The van der Waals surface area contributed by atoms with E-state index >= 15 is 0 Å². The van der Waals surface area contributed by atoms with Crippen LogP contribution in [0.3, 0.4) is 0 Å². The van der Waals surface area contributed by atoms with Crippen LogP contribution in [0, 0.1) is 6.92 Å². The van der Waals surface area contributed by atoms with E-state index in [-0.39, 0.29) is 23.8 Å². The fourth-order valence-electron chi connectivity index (χ4n) is 5.04. The number of aromatic nitrogens is 3. The molecule has 2 aliphatic rings. The van der Waals surface area contributed by atoms with Gasteiger partial charge in [-0.25, -0.2) is 9.50 Å². The number of benzene rings is 1. The van der Waals surface area contributed by atoms with Gasteiger partial charge < -0.3 is 20.1 Å². The standard InChI is InChI=1S/C25H31N5O3/c1-18-14-20(29-11-8-24(2,16-29)19-6-4-3-5-7-19)15-30-22(18)26-21(28-30)23(32)27-25(17-31)9-12-33-13-10-25/h3-7,14-15,31H,8-13,16-17H2,1-2H3,(H,27,32)/t24-/m0/s1. The number of rotatable bonds is 5. The molecule has 0 unspecified atom stereocenters. The molecule has 1 aromatic carbocycles. The first-order chi connectivity index (χ1) is 15.9. The Hall–Kier alpha value is -2.97. The Kier molecular flexibility index (Phi) is 5.58. The van der Waals surface area contributed by atoms with Gasteiger partial charge in [-0.15, -0.1) is 5.10 Å². The Bertz CT molecular complexity index is 1160. The SMILES string of the molecule is Cc1cc(N2CC[C@](C)(c3ccccc3)C2)cn2nc(C(=O)NC3(CO)CCOCC3)nc12. The molecule has 174 valence electrons. The van der Waals surface area contributed by atoms with Gasteiger partial charge in [0.1, 0.15) is 0 Å². The van der Waals surface area contributed by atoms with Crippen LogP contribution in [0.5, 0.6) is 0 Å². The van der Waals surface area contributed by atoms with E-state index in [4.69, 9.17) is 4.74 Å². The van der Waals surface area contributed by atoms with E-state index in [1.54, 1.807) is 4.52 Å². The molecule has 0 bridgehead atoms. The van der Waals surface area contributed by atoms with Crippen molar-refractivity contribution in [2.75, 3.05) is 37.8 Å². The summed E-state index contributed by atoms with van der Waals surface area (Å²) in [4.78, 5) is 19.8. The van der Waals surface area contributed by atoms with E-state index in [0.29, 0.717) is 31.7 Å². The zero-order valence-electron chi connectivity index (χ0n) is 19.3. The number of amides is 1. The molecular formula is C25H31N5O3. The Morgan fingerprint density at radius 3 is 2.70 bits per heavy atom. The van der Waals surface area contributed by atoms with Crippen molar-refractivity contribution in [3.8, 4) is 0 Å². The highest BCUT2D eigenvalue weighted by molar-refractivity contribution is 5.91. The molecular weight excluding hydrogens is 418 g/mol. The smallest absolute Gasteiger partial charge is 0.291 e. The van der Waals surface area contributed by atoms with E-state index in [1.807, 2.05) is 13.1 Å². The number of anilines is 1. The summed E-state index contributed by atoms with van der Waals surface area (Å²) >= 11 is 0. The summed E-state index contributed by atoms with van der Waals surface area (Å²) < 4.78 is 7.08. The highest BCUT2D eigenvalue weighted by Gasteiger charge is 2.36. The van der Waals surface area contributed by atoms with Gasteiger partial charge in [-0.05, 0) is 43.4 Å². The molecule has 0 radical (unpaired) electrons. The lowest BCUT2D eigenvalue weighted by Gasteiger charge is -2.35. The van der Waals surface area contributed by atoms with Crippen LogP contribution in [0.4, 0.5) is 5.69 Å². The van der Waals surface area contributed by atoms with Gasteiger partial charge >= 0.3 is 0 Å². The first-order valence-corrected chi connectivity index (χ1v) is 11.6. The van der Waals surface area contributed by atoms with Crippen LogP contribution in [0.15, 0.2) is 42.6 Å². The van der Waals surface area contributed by atoms with Crippen LogP contribution in [0.1, 0.15) is 47.9 Å². The van der Waals surface area contributed by atoms with Crippen molar-refractivity contribution >= 4 is 17.2 Å². The van der Waals surface area contributed by atoms with Gasteiger partial charge in [0.2, 0.25) is 5.82 Å². The number of hydrogen-bond donors (Lipinski definition) is 2. The summed E-state index contributed by atoms with van der Waals surface area (Å²) in [6.45, 7) is 7.09. The van der Waals surface area contributed by atoms with Gasteiger partial charge in [-0.1, -0.05) is 37.3 Å². The van der Waals surface area contributed by atoms with Crippen molar-refractivity contribution in [3.63, 3.8) is 0 Å². The van der Waals surface area contributed by atoms with Crippen molar-refractivity contribution in [1.82, 2.24) is 19.9 Å². The second kappa shape index (κ2) is 8.43. The summed E-state index contributed by atoms with van der Waals surface area (Å²) in [5, 5.41) is 17.3. The second-order valence-electron chi connectivity index (χ2n) is 9.69. The third-order valence-corrected chi connectivity index (χ3v) is 7.25. The summed E-state index contributed by atoms with van der Waals surface area (Å²) in [7, 11) is 0. The van der Waals surface area contributed by atoms with Crippen LogP contribution < -0.4 is 10.2 Å².